The lowest BCUT2D eigenvalue weighted by Gasteiger charge is -1.15. The minimum atomic E-state index is 0. The van der Waals surface area contributed by atoms with Crippen LogP contribution in [0.15, 0.2) is 0 Å². The summed E-state index contributed by atoms with van der Waals surface area (Å²) in [5.74, 6) is 0. The third-order valence-corrected chi connectivity index (χ3v) is 0. The highest BCUT2D eigenvalue weighted by Gasteiger charge is 1.17. The van der Waals surface area contributed by atoms with Gasteiger partial charge in [0, 0.05) is 6.92 Å². The summed E-state index contributed by atoms with van der Waals surface area (Å²) in [4.78, 5) is 0. The fourth-order valence-electron chi connectivity index (χ4n) is 0. The summed E-state index contributed by atoms with van der Waals surface area (Å²) in [5.41, 5.74) is 0. The van der Waals surface area contributed by atoms with Crippen molar-refractivity contribution in [2.24, 2.45) is 0 Å². The molecule has 0 bridgehead atoms. The van der Waals surface area contributed by atoms with Crippen molar-refractivity contribution in [1.82, 2.24) is 0 Å². The quantitative estimate of drug-likeness (QED) is 0.386. The van der Waals surface area contributed by atoms with Gasteiger partial charge in [0.25, 0.3) is 0 Å². The average molecular weight is 383 g/mol. The molecular weight excluding hydrogens is 342 g/mol. The van der Waals surface area contributed by atoms with E-state index < -0.39 is 0 Å². The Morgan fingerprint density at radius 3 is 0.318 bits per heavy atom. The van der Waals surface area contributed by atoms with Gasteiger partial charge in [-0.1, -0.05) is 0 Å². The van der Waals surface area contributed by atoms with Gasteiger partial charge in [-0.25, -0.2) is 0 Å². The lowest BCUT2D eigenvalue weighted by atomic mass is 11.0. The van der Waals surface area contributed by atoms with E-state index in [0.29, 0.717) is 0 Å². The zero-order valence-electron chi connectivity index (χ0n) is 11.4. The second-order valence-corrected chi connectivity index (χ2v) is 0.224. The van der Waals surface area contributed by atoms with Gasteiger partial charge in [0.15, 0.2) is 0 Å². The van der Waals surface area contributed by atoms with Crippen molar-refractivity contribution in [1.29, 1.82) is 5.26 Å². The molecule has 0 saturated heterocycles. The second kappa shape index (κ2) is 94900. The van der Waals surface area contributed by atoms with E-state index in [4.69, 9.17) is 5.26 Å². The summed E-state index contributed by atoms with van der Waals surface area (Å²) in [6.07, 6.45) is 0. The number of rotatable bonds is 0. The molecule has 168 valence electrons. The largest absolute Gasteiger partial charge is 0.412 e. The Morgan fingerprint density at radius 2 is 0.318 bits per heavy atom. The number of hydrogen-bond donors (Lipinski definition) is 0. The van der Waals surface area contributed by atoms with Crippen LogP contribution in [0.4, 0.5) is 0 Å². The van der Waals surface area contributed by atoms with Crippen LogP contribution in [0.25, 0.3) is 0 Å². The molecule has 0 aliphatic carbocycles. The molecule has 38 N–H and O–H groups in total. The highest BCUT2D eigenvalue weighted by molar-refractivity contribution is 4.51. The Hall–Kier alpha value is -1.27. The normalized spacial score (nSPS) is 0.364. The van der Waals surface area contributed by atoms with E-state index in [1.54, 1.807) is 6.07 Å². The Labute approximate surface area is 124 Å². The van der Waals surface area contributed by atoms with E-state index in [9.17, 15) is 0 Å². The zero-order chi connectivity index (χ0) is 2.71. The molecule has 0 heterocycles. The molecule has 0 unspecified atom stereocenters. The van der Waals surface area contributed by atoms with Gasteiger partial charge in [-0.3, -0.25) is 0 Å². The zero-order valence-corrected chi connectivity index (χ0v) is 11.4. The molecule has 0 radical (unpaired) electrons. The summed E-state index contributed by atoms with van der Waals surface area (Å²) in [6, 6.07) is 1.75. The molecule has 0 saturated carbocycles. The monoisotopic (exact) mass is 383 g/mol. The lowest BCUT2D eigenvalue weighted by Crippen LogP contribution is -1.10. The van der Waals surface area contributed by atoms with Gasteiger partial charge in [0.2, 0.25) is 0 Å². The van der Waals surface area contributed by atoms with Gasteiger partial charge in [-0.2, -0.15) is 5.26 Å². The third kappa shape index (κ3) is 3650. The van der Waals surface area contributed by atoms with Crippen molar-refractivity contribution >= 4 is 0 Å². The van der Waals surface area contributed by atoms with Gasteiger partial charge in [-0.15, -0.1) is 0 Å². The van der Waals surface area contributed by atoms with Crippen molar-refractivity contribution in [3.8, 4) is 6.07 Å². The van der Waals surface area contributed by atoms with Gasteiger partial charge >= 0.3 is 0 Å². The number of nitriles is 1. The highest BCUT2D eigenvalue weighted by atomic mass is 16.0. The summed E-state index contributed by atoms with van der Waals surface area (Å²) in [6.45, 7) is 1.43. The van der Waals surface area contributed by atoms with Crippen LogP contribution in [0.1, 0.15) is 6.92 Å². The molecule has 0 aliphatic rings. The highest BCUT2D eigenvalue weighted by Crippen LogP contribution is 1.21. The molecule has 0 rings (SSSR count). The first-order valence-electron chi connectivity index (χ1n) is 0.724. The number of nitrogens with zero attached hydrogens (tertiary/aromatic N) is 1. The Bertz CT molecular complexity index is 36.9. The van der Waals surface area contributed by atoms with E-state index in [2.05, 4.69) is 0 Å². The summed E-state index contributed by atoms with van der Waals surface area (Å²) in [7, 11) is 0. The Kier molecular flexibility index (Phi) is 65400000. The van der Waals surface area contributed by atoms with Crippen LogP contribution in [0.5, 0.6) is 0 Å². The SMILES string of the molecule is CC#N.O.O.O.O.O.O.O.O.O.O.O.O.O.O.O.O.O.O.O. The molecule has 0 spiro atoms. The molecular formula is C2H41NO19. The molecule has 0 aromatic carbocycles. The van der Waals surface area contributed by atoms with Crippen LogP contribution in [-0.2, 0) is 0 Å². The van der Waals surface area contributed by atoms with Crippen molar-refractivity contribution in [2.75, 3.05) is 0 Å². The van der Waals surface area contributed by atoms with Crippen LogP contribution in [0.3, 0.4) is 0 Å². The van der Waals surface area contributed by atoms with E-state index in [1.807, 2.05) is 0 Å². The molecule has 20 heteroatoms. The van der Waals surface area contributed by atoms with Crippen molar-refractivity contribution < 1.29 is 104 Å². The topological polar surface area (TPSA) is 622 Å². The van der Waals surface area contributed by atoms with E-state index in [-0.39, 0.29) is 104 Å². The molecule has 0 aromatic heterocycles. The first kappa shape index (κ1) is 15100. The van der Waals surface area contributed by atoms with E-state index in [0.717, 1.165) is 0 Å². The van der Waals surface area contributed by atoms with Crippen molar-refractivity contribution in [3.63, 3.8) is 0 Å². The van der Waals surface area contributed by atoms with Crippen molar-refractivity contribution in [3.05, 3.63) is 0 Å². The van der Waals surface area contributed by atoms with Crippen LogP contribution in [0.2, 0.25) is 0 Å². The molecule has 0 atom stereocenters. The summed E-state index contributed by atoms with van der Waals surface area (Å²) < 4.78 is 0. The first-order valence-corrected chi connectivity index (χ1v) is 0.724. The van der Waals surface area contributed by atoms with E-state index in [1.165, 1.54) is 6.92 Å². The van der Waals surface area contributed by atoms with Crippen LogP contribution < -0.4 is 0 Å². The molecule has 0 aliphatic heterocycles. The van der Waals surface area contributed by atoms with Gasteiger partial charge in [0.05, 0.1) is 6.07 Å². The van der Waals surface area contributed by atoms with Gasteiger partial charge in [-0.05, 0) is 0 Å². The first-order chi connectivity index (χ1) is 1.41. The maximum atomic E-state index is 7.32. The van der Waals surface area contributed by atoms with Crippen LogP contribution in [0, 0.1) is 11.3 Å². The molecule has 0 amide bonds. The summed E-state index contributed by atoms with van der Waals surface area (Å²) in [5, 5.41) is 7.32. The lowest BCUT2D eigenvalue weighted by molar-refractivity contribution is 0.823. The molecule has 0 aromatic rings. The molecule has 0 fully saturated rings. The van der Waals surface area contributed by atoms with Crippen molar-refractivity contribution in [2.45, 2.75) is 6.92 Å². The summed E-state index contributed by atoms with van der Waals surface area (Å²) >= 11 is 0. The van der Waals surface area contributed by atoms with Gasteiger partial charge in [0.1, 0.15) is 0 Å². The maximum Gasteiger partial charge on any atom is 0.0587 e. The second-order valence-electron chi connectivity index (χ2n) is 0.224. The fraction of sp³-hybridized carbons (Fsp3) is 0.500. The number of hydrogen-bond acceptors (Lipinski definition) is 1. The third-order valence-electron chi connectivity index (χ3n) is 0. The average Bonchev–Trinajstić information content (AvgIpc) is 0.918. The minimum absolute atomic E-state index is 0. The van der Waals surface area contributed by atoms with E-state index >= 15 is 0 Å². The fourth-order valence-corrected chi connectivity index (χ4v) is 0. The standard InChI is InChI=1S/C2H3N.19H2O/c1-2-3;;;;;;;;;;;;;;;;;;;/h1H3;19*1H2. The Balaban J connectivity index is -0.000000000117. The predicted octanol–water partition coefficient (Wildman–Crippen LogP) is -15.1. The molecule has 20 nitrogen and oxygen atoms in total. The van der Waals surface area contributed by atoms with Crippen LogP contribution in [-0.4, -0.2) is 104 Å². The predicted molar refractivity (Wildman–Crippen MR) is 79.9 cm³/mol. The van der Waals surface area contributed by atoms with Crippen LogP contribution >= 0.6 is 0 Å². The maximum absolute atomic E-state index is 7.32. The van der Waals surface area contributed by atoms with Gasteiger partial charge < -0.3 is 104 Å². The minimum Gasteiger partial charge on any atom is -0.412 e. The smallest absolute Gasteiger partial charge is 0.0587 e. The molecule has 22 heavy (non-hydrogen) atoms. The Morgan fingerprint density at radius 1 is 0.318 bits per heavy atom.